The van der Waals surface area contributed by atoms with Gasteiger partial charge in [0.15, 0.2) is 5.78 Å². The third-order valence-electron chi connectivity index (χ3n) is 2.23. The molecule has 0 bridgehead atoms. The van der Waals surface area contributed by atoms with Crippen molar-refractivity contribution in [3.8, 4) is 0 Å². The molecule has 0 heterocycles. The van der Waals surface area contributed by atoms with Crippen LogP contribution in [0.25, 0.3) is 0 Å². The molecule has 68 valence electrons. The summed E-state index contributed by atoms with van der Waals surface area (Å²) in [5.41, 5.74) is 7.05. The average molecular weight is 240 g/mol. The summed E-state index contributed by atoms with van der Waals surface area (Å²) in [6.07, 6.45) is 2.07. The Morgan fingerprint density at radius 2 is 2.15 bits per heavy atom. The zero-order chi connectivity index (χ0) is 9.42. The van der Waals surface area contributed by atoms with Crippen molar-refractivity contribution in [3.63, 3.8) is 0 Å². The summed E-state index contributed by atoms with van der Waals surface area (Å²) in [7, 11) is 0. The van der Waals surface area contributed by atoms with Crippen molar-refractivity contribution in [3.05, 3.63) is 28.2 Å². The van der Waals surface area contributed by atoms with Crippen molar-refractivity contribution in [2.75, 3.05) is 5.73 Å². The van der Waals surface area contributed by atoms with Crippen LogP contribution in [0.15, 0.2) is 22.7 Å². The molecule has 0 atom stereocenters. The van der Waals surface area contributed by atoms with E-state index >= 15 is 0 Å². The Morgan fingerprint density at radius 3 is 2.69 bits per heavy atom. The maximum atomic E-state index is 11.6. The topological polar surface area (TPSA) is 43.1 Å². The van der Waals surface area contributed by atoms with Crippen LogP contribution >= 0.6 is 15.9 Å². The van der Waals surface area contributed by atoms with Gasteiger partial charge in [-0.05, 0) is 40.9 Å². The Balaban J connectivity index is 2.30. The first-order valence-corrected chi connectivity index (χ1v) is 5.07. The van der Waals surface area contributed by atoms with Crippen LogP contribution < -0.4 is 5.73 Å². The van der Waals surface area contributed by atoms with Crippen LogP contribution in [0, 0.1) is 5.92 Å². The Morgan fingerprint density at radius 1 is 1.46 bits per heavy atom. The number of halogens is 1. The van der Waals surface area contributed by atoms with Gasteiger partial charge in [0.25, 0.3) is 0 Å². The van der Waals surface area contributed by atoms with Crippen molar-refractivity contribution in [1.29, 1.82) is 0 Å². The van der Waals surface area contributed by atoms with E-state index in [9.17, 15) is 4.79 Å². The van der Waals surface area contributed by atoms with Crippen molar-refractivity contribution in [1.82, 2.24) is 0 Å². The van der Waals surface area contributed by atoms with E-state index in [1.807, 2.05) is 12.1 Å². The van der Waals surface area contributed by atoms with Crippen LogP contribution in [-0.4, -0.2) is 5.78 Å². The van der Waals surface area contributed by atoms with Gasteiger partial charge in [-0.1, -0.05) is 6.07 Å². The number of rotatable bonds is 2. The number of nitrogens with two attached hydrogens (primary N) is 1. The highest BCUT2D eigenvalue weighted by molar-refractivity contribution is 9.10. The second kappa shape index (κ2) is 3.14. The fourth-order valence-electron chi connectivity index (χ4n) is 1.28. The molecule has 2 rings (SSSR count). The first-order valence-electron chi connectivity index (χ1n) is 4.27. The molecular formula is C10H10BrNO. The van der Waals surface area contributed by atoms with E-state index < -0.39 is 0 Å². The Kier molecular flexibility index (Phi) is 2.12. The smallest absolute Gasteiger partial charge is 0.166 e. The molecule has 3 heteroatoms. The lowest BCUT2D eigenvalue weighted by Gasteiger charge is -2.01. The van der Waals surface area contributed by atoms with Gasteiger partial charge in [0.2, 0.25) is 0 Å². The van der Waals surface area contributed by atoms with Crippen molar-refractivity contribution < 1.29 is 4.79 Å². The molecule has 0 aromatic heterocycles. The third-order valence-corrected chi connectivity index (χ3v) is 2.95. The Hall–Kier alpha value is -0.830. The van der Waals surface area contributed by atoms with Gasteiger partial charge in [0.1, 0.15) is 0 Å². The van der Waals surface area contributed by atoms with E-state index in [1.54, 1.807) is 6.07 Å². The summed E-state index contributed by atoms with van der Waals surface area (Å²) in [5, 5.41) is 0. The summed E-state index contributed by atoms with van der Waals surface area (Å²) in [6, 6.07) is 5.39. The predicted molar refractivity (Wildman–Crippen MR) is 55.6 cm³/mol. The highest BCUT2D eigenvalue weighted by atomic mass is 79.9. The second-order valence-corrected chi connectivity index (χ2v) is 4.23. The normalized spacial score (nSPS) is 15.8. The number of ketones is 1. The SMILES string of the molecule is Nc1cc(C(=O)C2CC2)ccc1Br. The molecule has 1 aromatic carbocycles. The lowest BCUT2D eigenvalue weighted by molar-refractivity contribution is 0.0967. The van der Waals surface area contributed by atoms with Crippen LogP contribution in [0.3, 0.4) is 0 Å². The minimum atomic E-state index is 0.235. The minimum absolute atomic E-state index is 0.235. The van der Waals surface area contributed by atoms with Crippen LogP contribution in [0.1, 0.15) is 23.2 Å². The molecule has 1 aliphatic rings. The van der Waals surface area contributed by atoms with E-state index in [0.717, 1.165) is 22.9 Å². The molecule has 0 radical (unpaired) electrons. The summed E-state index contributed by atoms with van der Waals surface area (Å²) in [4.78, 5) is 11.6. The molecule has 0 amide bonds. The second-order valence-electron chi connectivity index (χ2n) is 3.37. The number of Topliss-reactive ketones (excluding diaryl/α,β-unsaturated/α-hetero) is 1. The highest BCUT2D eigenvalue weighted by Gasteiger charge is 2.30. The largest absolute Gasteiger partial charge is 0.398 e. The average Bonchev–Trinajstić information content (AvgIpc) is 2.91. The van der Waals surface area contributed by atoms with Gasteiger partial charge >= 0.3 is 0 Å². The Bertz CT molecular complexity index is 358. The van der Waals surface area contributed by atoms with Gasteiger partial charge < -0.3 is 5.73 Å². The molecular weight excluding hydrogens is 230 g/mol. The van der Waals surface area contributed by atoms with Crippen LogP contribution in [0.4, 0.5) is 5.69 Å². The summed E-state index contributed by atoms with van der Waals surface area (Å²) >= 11 is 3.29. The molecule has 1 saturated carbocycles. The molecule has 0 aliphatic heterocycles. The predicted octanol–water partition coefficient (Wildman–Crippen LogP) is 2.62. The minimum Gasteiger partial charge on any atom is -0.398 e. The number of carbonyl (C=O) groups is 1. The van der Waals surface area contributed by atoms with E-state index in [2.05, 4.69) is 15.9 Å². The molecule has 1 fully saturated rings. The van der Waals surface area contributed by atoms with Crippen molar-refractivity contribution in [2.24, 2.45) is 5.92 Å². The maximum Gasteiger partial charge on any atom is 0.166 e. The molecule has 2 N–H and O–H groups in total. The molecule has 1 aromatic rings. The lowest BCUT2D eigenvalue weighted by atomic mass is 10.1. The van der Waals surface area contributed by atoms with E-state index in [-0.39, 0.29) is 11.7 Å². The fraction of sp³-hybridized carbons (Fsp3) is 0.300. The lowest BCUT2D eigenvalue weighted by Crippen LogP contribution is -2.02. The number of nitrogen functional groups attached to an aromatic ring is 1. The molecule has 1 aliphatic carbocycles. The first kappa shape index (κ1) is 8.75. The van der Waals surface area contributed by atoms with Gasteiger partial charge in [0, 0.05) is 21.6 Å². The van der Waals surface area contributed by atoms with Gasteiger partial charge in [-0.15, -0.1) is 0 Å². The Labute approximate surface area is 85.3 Å². The molecule has 0 unspecified atom stereocenters. The number of benzene rings is 1. The molecule has 13 heavy (non-hydrogen) atoms. The summed E-state index contributed by atoms with van der Waals surface area (Å²) in [5.74, 6) is 0.500. The van der Waals surface area contributed by atoms with Crippen LogP contribution in [-0.2, 0) is 0 Å². The number of carbonyl (C=O) groups excluding carboxylic acids is 1. The number of anilines is 1. The fourth-order valence-corrected chi connectivity index (χ4v) is 1.52. The van der Waals surface area contributed by atoms with Crippen LogP contribution in [0.2, 0.25) is 0 Å². The van der Waals surface area contributed by atoms with Crippen LogP contribution in [0.5, 0.6) is 0 Å². The monoisotopic (exact) mass is 239 g/mol. The quantitative estimate of drug-likeness (QED) is 0.637. The highest BCUT2D eigenvalue weighted by Crippen LogP contribution is 2.33. The number of hydrogen-bond donors (Lipinski definition) is 1. The zero-order valence-electron chi connectivity index (χ0n) is 7.09. The van der Waals surface area contributed by atoms with Gasteiger partial charge in [0.05, 0.1) is 0 Å². The number of hydrogen-bond acceptors (Lipinski definition) is 2. The molecule has 0 saturated heterocycles. The van der Waals surface area contributed by atoms with Crippen molar-refractivity contribution >= 4 is 27.4 Å². The molecule has 0 spiro atoms. The van der Waals surface area contributed by atoms with E-state index in [1.165, 1.54) is 0 Å². The summed E-state index contributed by atoms with van der Waals surface area (Å²) in [6.45, 7) is 0. The maximum absolute atomic E-state index is 11.6. The summed E-state index contributed by atoms with van der Waals surface area (Å²) < 4.78 is 0.847. The molecule has 2 nitrogen and oxygen atoms in total. The first-order chi connectivity index (χ1) is 6.18. The zero-order valence-corrected chi connectivity index (χ0v) is 8.67. The van der Waals surface area contributed by atoms with Crippen molar-refractivity contribution in [2.45, 2.75) is 12.8 Å². The standard InChI is InChI=1S/C10H10BrNO/c11-8-4-3-7(5-9(8)12)10(13)6-1-2-6/h3-6H,1-2,12H2. The van der Waals surface area contributed by atoms with Gasteiger partial charge in [-0.3, -0.25) is 4.79 Å². The van der Waals surface area contributed by atoms with Gasteiger partial charge in [-0.2, -0.15) is 0 Å². The third kappa shape index (κ3) is 1.75. The van der Waals surface area contributed by atoms with E-state index in [0.29, 0.717) is 5.69 Å². The van der Waals surface area contributed by atoms with E-state index in [4.69, 9.17) is 5.73 Å². The van der Waals surface area contributed by atoms with Gasteiger partial charge in [-0.25, -0.2) is 0 Å².